The standard InChI is InChI=1S/C28H43N7O7S/c1-23-30-32-28(33-31-23)24-2-4-25(5-3-24)42-21-20-41-19-18-40-17-16-39-15-14-38-13-6-27(37)35-11-9-34(10-12-35)8-7-29-26(36)22-43/h2-5,43H,6-22H2,1H3,(H,29,36). The number of rotatable bonds is 21. The Hall–Kier alpha value is -2.95. The second-order valence-corrected chi connectivity index (χ2v) is 9.89. The van der Waals surface area contributed by atoms with Gasteiger partial charge in [-0.25, -0.2) is 0 Å². The van der Waals surface area contributed by atoms with Crippen LogP contribution in [0.3, 0.4) is 0 Å². The molecule has 1 saturated heterocycles. The summed E-state index contributed by atoms with van der Waals surface area (Å²) in [5.41, 5.74) is 0.817. The summed E-state index contributed by atoms with van der Waals surface area (Å²) in [5, 5.41) is 18.7. The molecule has 2 aromatic rings. The summed E-state index contributed by atoms with van der Waals surface area (Å²) in [5.74, 6) is 1.95. The highest BCUT2D eigenvalue weighted by Gasteiger charge is 2.20. The molecule has 1 aliphatic rings. The fourth-order valence-electron chi connectivity index (χ4n) is 4.02. The number of hydrogen-bond donors (Lipinski definition) is 2. The van der Waals surface area contributed by atoms with E-state index in [0.717, 1.165) is 30.9 Å². The van der Waals surface area contributed by atoms with Crippen molar-refractivity contribution in [1.82, 2.24) is 35.5 Å². The Morgan fingerprint density at radius 3 is 1.93 bits per heavy atom. The molecular weight excluding hydrogens is 578 g/mol. The lowest BCUT2D eigenvalue weighted by Crippen LogP contribution is -2.50. The normalized spacial score (nSPS) is 13.7. The van der Waals surface area contributed by atoms with Crippen molar-refractivity contribution in [2.24, 2.45) is 0 Å². The summed E-state index contributed by atoms with van der Waals surface area (Å²) < 4.78 is 27.7. The number of aryl methyl sites for hydroxylation is 1. The van der Waals surface area contributed by atoms with E-state index in [4.69, 9.17) is 23.7 Å². The van der Waals surface area contributed by atoms with Crippen molar-refractivity contribution < 1.29 is 33.3 Å². The number of piperazine rings is 1. The molecule has 2 heterocycles. The number of thiol groups is 1. The summed E-state index contributed by atoms with van der Waals surface area (Å²) in [7, 11) is 0. The minimum Gasteiger partial charge on any atom is -0.491 e. The van der Waals surface area contributed by atoms with Crippen molar-refractivity contribution in [2.45, 2.75) is 13.3 Å². The summed E-state index contributed by atoms with van der Waals surface area (Å²) in [6.07, 6.45) is 0.359. The second kappa shape index (κ2) is 20.9. The van der Waals surface area contributed by atoms with Crippen LogP contribution in [-0.4, -0.2) is 146 Å². The zero-order valence-corrected chi connectivity index (χ0v) is 25.7. The van der Waals surface area contributed by atoms with Crippen LogP contribution in [0.25, 0.3) is 11.4 Å². The molecule has 0 unspecified atom stereocenters. The van der Waals surface area contributed by atoms with Crippen molar-refractivity contribution in [3.8, 4) is 17.1 Å². The topological polar surface area (TPSA) is 150 Å². The summed E-state index contributed by atoms with van der Waals surface area (Å²) in [6.45, 7) is 10.1. The molecule has 0 spiro atoms. The van der Waals surface area contributed by atoms with Gasteiger partial charge in [0.2, 0.25) is 17.6 Å². The summed E-state index contributed by atoms with van der Waals surface area (Å²) in [6, 6.07) is 7.40. The monoisotopic (exact) mass is 621 g/mol. The van der Waals surface area contributed by atoms with Crippen molar-refractivity contribution in [1.29, 1.82) is 0 Å². The van der Waals surface area contributed by atoms with Gasteiger partial charge in [-0.15, -0.1) is 20.4 Å². The van der Waals surface area contributed by atoms with Crippen LogP contribution in [0.15, 0.2) is 24.3 Å². The number of carbonyl (C=O) groups excluding carboxylic acids is 2. The Morgan fingerprint density at radius 2 is 1.35 bits per heavy atom. The first-order valence-electron chi connectivity index (χ1n) is 14.5. The smallest absolute Gasteiger partial charge is 0.229 e. The number of nitrogens with one attached hydrogen (secondary N) is 1. The molecule has 14 nitrogen and oxygen atoms in total. The fourth-order valence-corrected chi connectivity index (χ4v) is 4.14. The van der Waals surface area contributed by atoms with E-state index in [1.54, 1.807) is 6.92 Å². The van der Waals surface area contributed by atoms with Gasteiger partial charge in [-0.05, 0) is 31.2 Å². The molecule has 1 fully saturated rings. The predicted octanol–water partition coefficient (Wildman–Crippen LogP) is 0.268. The predicted molar refractivity (Wildman–Crippen MR) is 161 cm³/mol. The molecule has 1 aromatic carbocycles. The molecule has 238 valence electrons. The average Bonchev–Trinajstić information content (AvgIpc) is 3.03. The Labute approximate surface area is 258 Å². The quantitative estimate of drug-likeness (QED) is 0.145. The Bertz CT molecular complexity index is 1060. The van der Waals surface area contributed by atoms with Gasteiger partial charge in [-0.2, -0.15) is 12.6 Å². The van der Waals surface area contributed by atoms with Crippen molar-refractivity contribution in [2.75, 3.05) is 104 Å². The van der Waals surface area contributed by atoms with Gasteiger partial charge in [-0.3, -0.25) is 14.5 Å². The maximum Gasteiger partial charge on any atom is 0.229 e. The van der Waals surface area contributed by atoms with Crippen molar-refractivity contribution in [3.05, 3.63) is 30.1 Å². The van der Waals surface area contributed by atoms with Crippen molar-refractivity contribution in [3.63, 3.8) is 0 Å². The van der Waals surface area contributed by atoms with E-state index >= 15 is 0 Å². The summed E-state index contributed by atoms with van der Waals surface area (Å²) in [4.78, 5) is 27.7. The van der Waals surface area contributed by atoms with Crippen LogP contribution < -0.4 is 10.1 Å². The van der Waals surface area contributed by atoms with E-state index in [9.17, 15) is 9.59 Å². The van der Waals surface area contributed by atoms with Crippen LogP contribution >= 0.6 is 12.6 Å². The minimum atomic E-state index is -0.0672. The van der Waals surface area contributed by atoms with Crippen LogP contribution in [0, 0.1) is 6.92 Å². The first kappa shape index (κ1) is 34.5. The maximum atomic E-state index is 12.4. The summed E-state index contributed by atoms with van der Waals surface area (Å²) >= 11 is 3.94. The number of carbonyl (C=O) groups is 2. The van der Waals surface area contributed by atoms with E-state index in [2.05, 4.69) is 43.2 Å². The first-order chi connectivity index (χ1) is 21.0. The Balaban J connectivity index is 1.06. The molecule has 1 aromatic heterocycles. The average molecular weight is 622 g/mol. The van der Waals surface area contributed by atoms with Gasteiger partial charge in [-0.1, -0.05) is 0 Å². The number of aromatic nitrogens is 4. The molecule has 1 aliphatic heterocycles. The molecule has 2 amide bonds. The molecule has 15 heteroatoms. The molecule has 43 heavy (non-hydrogen) atoms. The molecule has 0 radical (unpaired) electrons. The Morgan fingerprint density at radius 1 is 0.791 bits per heavy atom. The van der Waals surface area contributed by atoms with Crippen LogP contribution in [0.1, 0.15) is 12.2 Å². The molecule has 1 N–H and O–H groups in total. The van der Waals surface area contributed by atoms with E-state index in [-0.39, 0.29) is 17.6 Å². The molecule has 0 atom stereocenters. The van der Waals surface area contributed by atoms with E-state index in [1.807, 2.05) is 29.2 Å². The minimum absolute atomic E-state index is 0.0672. The van der Waals surface area contributed by atoms with E-state index in [1.165, 1.54) is 0 Å². The molecular formula is C28H43N7O7S. The number of nitrogens with zero attached hydrogens (tertiary/aromatic N) is 6. The highest BCUT2D eigenvalue weighted by Crippen LogP contribution is 2.18. The lowest BCUT2D eigenvalue weighted by molar-refractivity contribution is -0.134. The molecule has 0 bridgehead atoms. The first-order valence-corrected chi connectivity index (χ1v) is 15.1. The zero-order valence-electron chi connectivity index (χ0n) is 24.8. The van der Waals surface area contributed by atoms with Gasteiger partial charge in [0, 0.05) is 44.8 Å². The van der Waals surface area contributed by atoms with Crippen LogP contribution in [-0.2, 0) is 28.5 Å². The fraction of sp³-hybridized carbons (Fsp3) is 0.643. The third-order valence-electron chi connectivity index (χ3n) is 6.38. The lowest BCUT2D eigenvalue weighted by Gasteiger charge is -2.34. The van der Waals surface area contributed by atoms with Gasteiger partial charge in [0.25, 0.3) is 0 Å². The maximum absolute atomic E-state index is 12.4. The van der Waals surface area contributed by atoms with Crippen LogP contribution in [0.4, 0.5) is 0 Å². The Kier molecular flexibility index (Phi) is 16.8. The second-order valence-electron chi connectivity index (χ2n) is 9.57. The van der Waals surface area contributed by atoms with Crippen molar-refractivity contribution >= 4 is 24.4 Å². The highest BCUT2D eigenvalue weighted by molar-refractivity contribution is 7.81. The van der Waals surface area contributed by atoms with Gasteiger partial charge in [0.05, 0.1) is 65.0 Å². The number of amides is 2. The number of ether oxygens (including phenoxy) is 5. The third kappa shape index (κ3) is 14.4. The molecule has 0 aliphatic carbocycles. The van der Waals surface area contributed by atoms with Gasteiger partial charge in [0.15, 0.2) is 5.82 Å². The zero-order chi connectivity index (χ0) is 30.5. The third-order valence-corrected chi connectivity index (χ3v) is 6.67. The highest BCUT2D eigenvalue weighted by atomic mass is 32.1. The van der Waals surface area contributed by atoms with E-state index < -0.39 is 0 Å². The van der Waals surface area contributed by atoms with Gasteiger partial charge >= 0.3 is 0 Å². The van der Waals surface area contributed by atoms with Gasteiger partial charge in [0.1, 0.15) is 12.4 Å². The van der Waals surface area contributed by atoms with Crippen LogP contribution in [0.5, 0.6) is 5.75 Å². The molecule has 3 rings (SSSR count). The van der Waals surface area contributed by atoms with Gasteiger partial charge < -0.3 is 33.9 Å². The van der Waals surface area contributed by atoms with E-state index in [0.29, 0.717) is 97.2 Å². The molecule has 0 saturated carbocycles. The number of benzene rings is 1. The van der Waals surface area contributed by atoms with Crippen LogP contribution in [0.2, 0.25) is 0 Å². The lowest BCUT2D eigenvalue weighted by atomic mass is 10.2. The number of hydrogen-bond acceptors (Lipinski definition) is 13. The SMILES string of the molecule is Cc1nnc(-c2ccc(OCCOCCOCCOCCOCCC(=O)N3CCN(CCNC(=O)CS)CC3)cc2)nn1. The largest absolute Gasteiger partial charge is 0.491 e.